The van der Waals surface area contributed by atoms with Gasteiger partial charge < -0.3 is 20.1 Å². The molecule has 0 fully saturated rings. The summed E-state index contributed by atoms with van der Waals surface area (Å²) in [6.07, 6.45) is 0. The van der Waals surface area contributed by atoms with Gasteiger partial charge in [0.05, 0.1) is 13.7 Å². The molecule has 6 nitrogen and oxygen atoms in total. The first-order valence-electron chi connectivity index (χ1n) is 7.30. The second-order valence-electron chi connectivity index (χ2n) is 4.89. The minimum absolute atomic E-state index is 0.175. The van der Waals surface area contributed by atoms with Crippen LogP contribution in [0.5, 0.6) is 11.5 Å². The molecule has 0 saturated heterocycles. The van der Waals surface area contributed by atoms with E-state index in [1.165, 1.54) is 18.2 Å². The number of anilines is 1. The molecular weight excluding hydrogens is 367 g/mol. The average molecular weight is 383 g/mol. The van der Waals surface area contributed by atoms with Crippen LogP contribution in [-0.4, -0.2) is 32.1 Å². The zero-order valence-corrected chi connectivity index (χ0v) is 14.9. The van der Waals surface area contributed by atoms with Crippen molar-refractivity contribution in [3.63, 3.8) is 0 Å². The fourth-order valence-electron chi connectivity index (χ4n) is 1.90. The quantitative estimate of drug-likeness (QED) is 0.594. The molecule has 0 atom stereocenters. The van der Waals surface area contributed by atoms with Crippen molar-refractivity contribution in [2.45, 2.75) is 0 Å². The lowest BCUT2D eigenvalue weighted by Crippen LogP contribution is -2.37. The zero-order chi connectivity index (χ0) is 18.2. The molecule has 0 aliphatic carbocycles. The van der Waals surface area contributed by atoms with Crippen molar-refractivity contribution in [1.29, 1.82) is 0 Å². The summed E-state index contributed by atoms with van der Waals surface area (Å²) in [6, 6.07) is 11.5. The molecule has 2 aromatic carbocycles. The largest absolute Gasteiger partial charge is 0.497 e. The first-order chi connectivity index (χ1) is 12.0. The number of ether oxygens (including phenoxy) is 2. The molecular formula is C17H16Cl2N2O4. The minimum Gasteiger partial charge on any atom is -0.497 e. The van der Waals surface area contributed by atoms with E-state index >= 15 is 0 Å². The lowest BCUT2D eigenvalue weighted by atomic mass is 10.3. The first-order valence-corrected chi connectivity index (χ1v) is 8.05. The van der Waals surface area contributed by atoms with E-state index in [1.807, 2.05) is 0 Å². The predicted molar refractivity (Wildman–Crippen MR) is 96.6 cm³/mol. The number of methoxy groups -OCH3 is 1. The second-order valence-corrected chi connectivity index (χ2v) is 5.77. The van der Waals surface area contributed by atoms with E-state index in [-0.39, 0.29) is 13.2 Å². The van der Waals surface area contributed by atoms with Gasteiger partial charge in [-0.1, -0.05) is 23.2 Å². The molecule has 0 saturated carbocycles. The van der Waals surface area contributed by atoms with Crippen LogP contribution in [0.1, 0.15) is 0 Å². The molecule has 0 spiro atoms. The predicted octanol–water partition coefficient (Wildman–Crippen LogP) is 3.14. The third-order valence-electron chi connectivity index (χ3n) is 3.04. The van der Waals surface area contributed by atoms with Gasteiger partial charge in [0.2, 0.25) is 0 Å². The summed E-state index contributed by atoms with van der Waals surface area (Å²) in [7, 11) is 1.58. The van der Waals surface area contributed by atoms with E-state index in [4.69, 9.17) is 32.7 Å². The molecule has 25 heavy (non-hydrogen) atoms. The summed E-state index contributed by atoms with van der Waals surface area (Å²) in [5.74, 6) is -0.247. The van der Waals surface area contributed by atoms with E-state index in [9.17, 15) is 9.59 Å². The van der Waals surface area contributed by atoms with Gasteiger partial charge in [0, 0.05) is 15.7 Å². The van der Waals surface area contributed by atoms with Gasteiger partial charge >= 0.3 is 11.8 Å². The maximum Gasteiger partial charge on any atom is 0.313 e. The van der Waals surface area contributed by atoms with Gasteiger partial charge in [-0.05, 0) is 42.5 Å². The van der Waals surface area contributed by atoms with Crippen LogP contribution in [0.4, 0.5) is 5.69 Å². The Labute approximate surface area is 155 Å². The minimum atomic E-state index is -0.817. The number of carbonyl (C=O) groups excluding carboxylic acids is 2. The van der Waals surface area contributed by atoms with Crippen molar-refractivity contribution in [3.05, 3.63) is 52.5 Å². The number of rotatable bonds is 6. The SMILES string of the molecule is COc1ccc(OCCNC(=O)C(=O)Nc2cc(Cl)cc(Cl)c2)cc1. The van der Waals surface area contributed by atoms with Gasteiger partial charge in [-0.25, -0.2) is 0 Å². The molecule has 0 heterocycles. The van der Waals surface area contributed by atoms with Crippen LogP contribution in [0, 0.1) is 0 Å². The monoisotopic (exact) mass is 382 g/mol. The van der Waals surface area contributed by atoms with E-state index in [0.717, 1.165) is 5.75 Å². The lowest BCUT2D eigenvalue weighted by Gasteiger charge is -2.09. The molecule has 2 rings (SSSR count). The van der Waals surface area contributed by atoms with Crippen LogP contribution in [0.25, 0.3) is 0 Å². The number of amides is 2. The fraction of sp³-hybridized carbons (Fsp3) is 0.176. The Hall–Kier alpha value is -2.44. The summed E-state index contributed by atoms with van der Waals surface area (Å²) >= 11 is 11.7. The molecule has 8 heteroatoms. The zero-order valence-electron chi connectivity index (χ0n) is 13.3. The van der Waals surface area contributed by atoms with Crippen LogP contribution >= 0.6 is 23.2 Å². The molecule has 2 amide bonds. The molecule has 132 valence electrons. The van der Waals surface area contributed by atoms with E-state index in [0.29, 0.717) is 21.5 Å². The summed E-state index contributed by atoms with van der Waals surface area (Å²) in [5, 5.41) is 5.59. The van der Waals surface area contributed by atoms with E-state index < -0.39 is 11.8 Å². The number of carbonyl (C=O) groups is 2. The normalized spacial score (nSPS) is 10.0. The van der Waals surface area contributed by atoms with Gasteiger partial charge in [-0.2, -0.15) is 0 Å². The van der Waals surface area contributed by atoms with E-state index in [2.05, 4.69) is 10.6 Å². The standard InChI is InChI=1S/C17H16Cl2N2O4/c1-24-14-2-4-15(5-3-14)25-7-6-20-16(22)17(23)21-13-9-11(18)8-12(19)10-13/h2-5,8-10H,6-7H2,1H3,(H,20,22)(H,21,23). The maximum atomic E-state index is 11.8. The second kappa shape index (κ2) is 9.15. The van der Waals surface area contributed by atoms with Crippen LogP contribution in [-0.2, 0) is 9.59 Å². The Morgan fingerprint density at radius 2 is 1.56 bits per heavy atom. The number of hydrogen-bond acceptors (Lipinski definition) is 4. The Kier molecular flexibility index (Phi) is 6.91. The summed E-state index contributed by atoms with van der Waals surface area (Å²) < 4.78 is 10.5. The summed E-state index contributed by atoms with van der Waals surface area (Å²) in [6.45, 7) is 0.392. The number of benzene rings is 2. The molecule has 0 radical (unpaired) electrons. The molecule has 2 N–H and O–H groups in total. The summed E-state index contributed by atoms with van der Waals surface area (Å²) in [5.41, 5.74) is 0.340. The Balaban J connectivity index is 1.74. The molecule has 0 aromatic heterocycles. The molecule has 2 aromatic rings. The van der Waals surface area contributed by atoms with Crippen molar-refractivity contribution in [2.75, 3.05) is 25.6 Å². The fourth-order valence-corrected chi connectivity index (χ4v) is 2.43. The Bertz CT molecular complexity index is 731. The first kappa shape index (κ1) is 18.9. The van der Waals surface area contributed by atoms with Gasteiger partial charge in [0.25, 0.3) is 0 Å². The highest BCUT2D eigenvalue weighted by Gasteiger charge is 2.13. The van der Waals surface area contributed by atoms with Crippen LogP contribution in [0.15, 0.2) is 42.5 Å². The van der Waals surface area contributed by atoms with E-state index in [1.54, 1.807) is 31.4 Å². The van der Waals surface area contributed by atoms with Gasteiger partial charge in [-0.3, -0.25) is 9.59 Å². The summed E-state index contributed by atoms with van der Waals surface area (Å²) in [4.78, 5) is 23.6. The third kappa shape index (κ3) is 6.17. The smallest absolute Gasteiger partial charge is 0.313 e. The molecule has 0 aliphatic rings. The van der Waals surface area contributed by atoms with Crippen molar-refractivity contribution < 1.29 is 19.1 Å². The van der Waals surface area contributed by atoms with Crippen LogP contribution < -0.4 is 20.1 Å². The third-order valence-corrected chi connectivity index (χ3v) is 3.48. The van der Waals surface area contributed by atoms with Crippen molar-refractivity contribution in [3.8, 4) is 11.5 Å². The molecule has 0 unspecified atom stereocenters. The Morgan fingerprint density at radius 3 is 2.16 bits per heavy atom. The number of hydrogen-bond donors (Lipinski definition) is 2. The molecule has 0 aliphatic heterocycles. The highest BCUT2D eigenvalue weighted by atomic mass is 35.5. The number of nitrogens with one attached hydrogen (secondary N) is 2. The average Bonchev–Trinajstić information content (AvgIpc) is 2.58. The van der Waals surface area contributed by atoms with Crippen molar-refractivity contribution in [1.82, 2.24) is 5.32 Å². The van der Waals surface area contributed by atoms with Crippen LogP contribution in [0.3, 0.4) is 0 Å². The highest BCUT2D eigenvalue weighted by molar-refractivity contribution is 6.40. The topological polar surface area (TPSA) is 76.7 Å². The van der Waals surface area contributed by atoms with Gasteiger partial charge in [0.1, 0.15) is 18.1 Å². The van der Waals surface area contributed by atoms with Crippen molar-refractivity contribution >= 4 is 40.7 Å². The van der Waals surface area contributed by atoms with Crippen LogP contribution in [0.2, 0.25) is 10.0 Å². The molecule has 0 bridgehead atoms. The Morgan fingerprint density at radius 1 is 0.960 bits per heavy atom. The lowest BCUT2D eigenvalue weighted by molar-refractivity contribution is -0.136. The van der Waals surface area contributed by atoms with Gasteiger partial charge in [0.15, 0.2) is 0 Å². The number of halogens is 2. The highest BCUT2D eigenvalue weighted by Crippen LogP contribution is 2.22. The van der Waals surface area contributed by atoms with Crippen molar-refractivity contribution in [2.24, 2.45) is 0 Å². The maximum absolute atomic E-state index is 11.8. The van der Waals surface area contributed by atoms with Gasteiger partial charge in [-0.15, -0.1) is 0 Å².